The number of sulfonamides is 1. The molecule has 3 rings (SSSR count). The summed E-state index contributed by atoms with van der Waals surface area (Å²) in [6.07, 6.45) is 1.64. The van der Waals surface area contributed by atoms with Gasteiger partial charge in [0.25, 0.3) is 5.91 Å². The summed E-state index contributed by atoms with van der Waals surface area (Å²) in [6.45, 7) is 8.40. The smallest absolute Gasteiger partial charge is 0.253 e. The second kappa shape index (κ2) is 9.53. The number of furan rings is 1. The van der Waals surface area contributed by atoms with Crippen LogP contribution in [0.5, 0.6) is 0 Å². The lowest BCUT2D eigenvalue weighted by Gasteiger charge is -2.10. The maximum absolute atomic E-state index is 12.7. The lowest BCUT2D eigenvalue weighted by Crippen LogP contribution is -2.31. The minimum Gasteiger partial charge on any atom is -0.467 e. The van der Waals surface area contributed by atoms with Crippen molar-refractivity contribution in [2.45, 2.75) is 52.6 Å². The van der Waals surface area contributed by atoms with E-state index < -0.39 is 10.0 Å². The van der Waals surface area contributed by atoms with Crippen molar-refractivity contribution in [3.8, 4) is 0 Å². The summed E-state index contributed by atoms with van der Waals surface area (Å²) in [4.78, 5) is 12.7. The van der Waals surface area contributed by atoms with Crippen LogP contribution in [0.3, 0.4) is 0 Å². The third-order valence-electron chi connectivity index (χ3n) is 4.96. The Morgan fingerprint density at radius 3 is 2.39 bits per heavy atom. The van der Waals surface area contributed by atoms with Gasteiger partial charge in [-0.2, -0.15) is 0 Å². The van der Waals surface area contributed by atoms with Gasteiger partial charge in [0.1, 0.15) is 5.76 Å². The average Bonchev–Trinajstić information content (AvgIpc) is 3.29. The zero-order valence-corrected chi connectivity index (χ0v) is 19.1. The number of hydrogen-bond donors (Lipinski definition) is 2. The Morgan fingerprint density at radius 2 is 1.77 bits per heavy atom. The predicted molar refractivity (Wildman–Crippen MR) is 120 cm³/mol. The molecule has 0 saturated carbocycles. The Hall–Kier alpha value is -2.84. The normalized spacial score (nSPS) is 11.8. The van der Waals surface area contributed by atoms with E-state index in [1.54, 1.807) is 32.2 Å². The van der Waals surface area contributed by atoms with E-state index in [0.29, 0.717) is 24.2 Å². The van der Waals surface area contributed by atoms with E-state index >= 15 is 0 Å². The Labute approximate surface area is 183 Å². The van der Waals surface area contributed by atoms with Gasteiger partial charge in [-0.05, 0) is 57.0 Å². The average molecular weight is 444 g/mol. The molecule has 0 spiro atoms. The van der Waals surface area contributed by atoms with Crippen LogP contribution in [0.2, 0.25) is 0 Å². The van der Waals surface area contributed by atoms with E-state index in [1.165, 1.54) is 0 Å². The molecule has 8 heteroatoms. The largest absolute Gasteiger partial charge is 0.467 e. The van der Waals surface area contributed by atoms with E-state index in [1.807, 2.05) is 48.7 Å². The molecule has 1 aromatic carbocycles. The Kier molecular flexibility index (Phi) is 7.02. The van der Waals surface area contributed by atoms with Gasteiger partial charge in [0.05, 0.1) is 24.1 Å². The van der Waals surface area contributed by atoms with Crippen LogP contribution in [0.1, 0.15) is 52.5 Å². The van der Waals surface area contributed by atoms with Gasteiger partial charge in [0.15, 0.2) is 0 Å². The van der Waals surface area contributed by atoms with Crippen molar-refractivity contribution in [3.05, 3.63) is 82.6 Å². The molecule has 7 nitrogen and oxygen atoms in total. The van der Waals surface area contributed by atoms with Crippen molar-refractivity contribution >= 4 is 15.9 Å². The maximum Gasteiger partial charge on any atom is 0.253 e. The molecule has 3 aromatic rings. The third-order valence-corrected chi connectivity index (χ3v) is 6.50. The van der Waals surface area contributed by atoms with Crippen LogP contribution >= 0.6 is 0 Å². The highest BCUT2D eigenvalue weighted by Crippen LogP contribution is 2.18. The number of amides is 1. The first-order chi connectivity index (χ1) is 14.6. The van der Waals surface area contributed by atoms with Crippen LogP contribution in [0, 0.1) is 13.8 Å². The third kappa shape index (κ3) is 6.08. The summed E-state index contributed by atoms with van der Waals surface area (Å²) in [5.41, 5.74) is 4.09. The van der Waals surface area contributed by atoms with Gasteiger partial charge < -0.3 is 14.3 Å². The highest BCUT2D eigenvalue weighted by atomic mass is 32.2. The quantitative estimate of drug-likeness (QED) is 0.529. The zero-order valence-electron chi connectivity index (χ0n) is 18.3. The molecule has 31 heavy (non-hydrogen) atoms. The summed E-state index contributed by atoms with van der Waals surface area (Å²) in [5, 5.41) is 2.94. The van der Waals surface area contributed by atoms with Gasteiger partial charge in [0.2, 0.25) is 10.0 Å². The summed E-state index contributed by atoms with van der Waals surface area (Å²) in [6, 6.07) is 12.7. The van der Waals surface area contributed by atoms with Crippen LogP contribution in [0.25, 0.3) is 0 Å². The standard InChI is InChI=1S/C23H29N3O4S/c1-16(2)25-31(28,29)15-20-9-7-19(8-10-20)13-24-23(27)22-12-17(3)26(18(22)4)14-21-6-5-11-30-21/h5-12,16,25H,13-15H2,1-4H3,(H,24,27). The van der Waals surface area contributed by atoms with E-state index in [0.717, 1.165) is 22.7 Å². The van der Waals surface area contributed by atoms with Gasteiger partial charge >= 0.3 is 0 Å². The Bertz CT molecular complexity index is 1130. The number of nitrogens with one attached hydrogen (secondary N) is 2. The molecule has 2 heterocycles. The number of carbonyl (C=O) groups is 1. The molecule has 1 amide bonds. The van der Waals surface area contributed by atoms with Crippen molar-refractivity contribution in [1.29, 1.82) is 0 Å². The van der Waals surface area contributed by atoms with Crippen LogP contribution in [0.4, 0.5) is 0 Å². The number of aromatic nitrogens is 1. The second-order valence-corrected chi connectivity index (χ2v) is 9.73. The van der Waals surface area contributed by atoms with Crippen LogP contribution < -0.4 is 10.0 Å². The minimum atomic E-state index is -3.36. The molecule has 0 unspecified atom stereocenters. The number of rotatable bonds is 9. The molecule has 0 aliphatic carbocycles. The predicted octanol–water partition coefficient (Wildman–Crippen LogP) is 3.50. The van der Waals surface area contributed by atoms with Crippen LogP contribution in [-0.2, 0) is 28.9 Å². The molecule has 0 fully saturated rings. The molecule has 0 bridgehead atoms. The van der Waals surface area contributed by atoms with Crippen LogP contribution in [0.15, 0.2) is 53.1 Å². The monoisotopic (exact) mass is 443 g/mol. The highest BCUT2D eigenvalue weighted by Gasteiger charge is 2.17. The Morgan fingerprint density at radius 1 is 1.10 bits per heavy atom. The first-order valence-corrected chi connectivity index (χ1v) is 11.8. The zero-order chi connectivity index (χ0) is 22.6. The summed E-state index contributed by atoms with van der Waals surface area (Å²) < 4.78 is 34.1. The van der Waals surface area contributed by atoms with Gasteiger partial charge in [-0.25, -0.2) is 13.1 Å². The number of hydrogen-bond acceptors (Lipinski definition) is 4. The first kappa shape index (κ1) is 22.8. The van der Waals surface area contributed by atoms with Gasteiger partial charge in [-0.15, -0.1) is 0 Å². The number of aryl methyl sites for hydroxylation is 1. The van der Waals surface area contributed by atoms with E-state index in [-0.39, 0.29) is 17.7 Å². The molecule has 2 aromatic heterocycles. The summed E-state index contributed by atoms with van der Waals surface area (Å²) in [5.74, 6) is 0.616. The topological polar surface area (TPSA) is 93.3 Å². The fourth-order valence-electron chi connectivity index (χ4n) is 3.48. The Balaban J connectivity index is 1.61. The van der Waals surface area contributed by atoms with Crippen LogP contribution in [-0.4, -0.2) is 24.9 Å². The molecule has 0 atom stereocenters. The van der Waals surface area contributed by atoms with E-state index in [4.69, 9.17) is 4.42 Å². The van der Waals surface area contributed by atoms with Crippen molar-refractivity contribution in [1.82, 2.24) is 14.6 Å². The maximum atomic E-state index is 12.7. The minimum absolute atomic E-state index is 0.0700. The molecule has 0 aliphatic rings. The highest BCUT2D eigenvalue weighted by molar-refractivity contribution is 7.88. The molecule has 0 saturated heterocycles. The van der Waals surface area contributed by atoms with E-state index in [9.17, 15) is 13.2 Å². The SMILES string of the molecule is Cc1cc(C(=O)NCc2ccc(CS(=O)(=O)NC(C)C)cc2)c(C)n1Cc1ccco1. The van der Waals surface area contributed by atoms with E-state index in [2.05, 4.69) is 10.0 Å². The lowest BCUT2D eigenvalue weighted by atomic mass is 10.1. The number of nitrogens with zero attached hydrogens (tertiary/aromatic N) is 1. The molecular weight excluding hydrogens is 414 g/mol. The number of carbonyl (C=O) groups excluding carboxylic acids is 1. The molecule has 2 N–H and O–H groups in total. The second-order valence-electron chi connectivity index (χ2n) is 7.98. The van der Waals surface area contributed by atoms with Gasteiger partial charge in [-0.3, -0.25) is 4.79 Å². The lowest BCUT2D eigenvalue weighted by molar-refractivity contribution is 0.0950. The summed E-state index contributed by atoms with van der Waals surface area (Å²) in [7, 11) is -3.36. The molecule has 0 aliphatic heterocycles. The van der Waals surface area contributed by atoms with Crippen molar-refractivity contribution in [2.75, 3.05) is 0 Å². The van der Waals surface area contributed by atoms with Gasteiger partial charge in [-0.1, -0.05) is 24.3 Å². The summed E-state index contributed by atoms with van der Waals surface area (Å²) >= 11 is 0. The van der Waals surface area contributed by atoms with Crippen molar-refractivity contribution in [3.63, 3.8) is 0 Å². The fraction of sp³-hybridized carbons (Fsp3) is 0.348. The van der Waals surface area contributed by atoms with Crippen molar-refractivity contribution in [2.24, 2.45) is 0 Å². The fourth-order valence-corrected chi connectivity index (χ4v) is 4.92. The molecule has 166 valence electrons. The molecular formula is C23H29N3O4S. The molecule has 0 radical (unpaired) electrons. The van der Waals surface area contributed by atoms with Gasteiger partial charge in [0, 0.05) is 24.0 Å². The first-order valence-electron chi connectivity index (χ1n) is 10.2. The van der Waals surface area contributed by atoms with Crippen molar-refractivity contribution < 1.29 is 17.6 Å². The number of benzene rings is 1.